The summed E-state index contributed by atoms with van der Waals surface area (Å²) in [5.74, 6) is 0.0736. The Morgan fingerprint density at radius 1 is 1.15 bits per heavy atom. The second kappa shape index (κ2) is 6.21. The number of carbonyl (C=O) groups is 2. The summed E-state index contributed by atoms with van der Waals surface area (Å²) in [5, 5.41) is 9.77. The fourth-order valence-corrected chi connectivity index (χ4v) is 5.34. The molecule has 0 radical (unpaired) electrons. The van der Waals surface area contributed by atoms with Gasteiger partial charge in [0, 0.05) is 43.2 Å². The third-order valence-electron chi connectivity index (χ3n) is 6.90. The van der Waals surface area contributed by atoms with Crippen LogP contribution in [0.2, 0.25) is 0 Å². The van der Waals surface area contributed by atoms with E-state index in [4.69, 9.17) is 4.98 Å². The zero-order valence-corrected chi connectivity index (χ0v) is 15.7. The molecule has 6 nitrogen and oxygen atoms in total. The number of aromatic nitrogens is 1. The molecule has 0 aromatic carbocycles. The summed E-state index contributed by atoms with van der Waals surface area (Å²) in [6, 6.07) is 2.31. The van der Waals surface area contributed by atoms with Crippen molar-refractivity contribution in [1.82, 2.24) is 9.88 Å². The summed E-state index contributed by atoms with van der Waals surface area (Å²) in [5.41, 5.74) is 2.61. The predicted octanol–water partition coefficient (Wildman–Crippen LogP) is 2.64. The van der Waals surface area contributed by atoms with Gasteiger partial charge in [-0.2, -0.15) is 0 Å². The van der Waals surface area contributed by atoms with E-state index in [1.807, 2.05) is 6.07 Å². The van der Waals surface area contributed by atoms with Gasteiger partial charge >= 0.3 is 5.97 Å². The quantitative estimate of drug-likeness (QED) is 0.887. The zero-order valence-electron chi connectivity index (χ0n) is 15.7. The summed E-state index contributed by atoms with van der Waals surface area (Å²) >= 11 is 0. The van der Waals surface area contributed by atoms with Gasteiger partial charge in [0.2, 0.25) is 5.91 Å². The van der Waals surface area contributed by atoms with Crippen LogP contribution in [0.5, 0.6) is 0 Å². The van der Waals surface area contributed by atoms with Crippen LogP contribution in [0.25, 0.3) is 0 Å². The van der Waals surface area contributed by atoms with E-state index in [2.05, 4.69) is 9.80 Å². The van der Waals surface area contributed by atoms with Crippen LogP contribution in [0.1, 0.15) is 66.6 Å². The minimum absolute atomic E-state index is 0.0885. The van der Waals surface area contributed by atoms with Crippen molar-refractivity contribution in [3.05, 3.63) is 22.9 Å². The highest BCUT2D eigenvalue weighted by molar-refractivity contribution is 5.93. The van der Waals surface area contributed by atoms with Crippen molar-refractivity contribution in [3.8, 4) is 0 Å². The number of hydrogen-bond donors (Lipinski definition) is 1. The van der Waals surface area contributed by atoms with Crippen molar-refractivity contribution < 1.29 is 14.7 Å². The normalized spacial score (nSPS) is 27.9. The average molecular weight is 369 g/mol. The van der Waals surface area contributed by atoms with Gasteiger partial charge in [-0.25, -0.2) is 9.78 Å². The second-order valence-electron chi connectivity index (χ2n) is 8.90. The first-order valence-electron chi connectivity index (χ1n) is 10.4. The second-order valence-corrected chi connectivity index (χ2v) is 8.90. The first kappa shape index (κ1) is 17.0. The third-order valence-corrected chi connectivity index (χ3v) is 6.90. The molecule has 1 unspecified atom stereocenters. The number of aromatic carboxylic acids is 1. The predicted molar refractivity (Wildman–Crippen MR) is 101 cm³/mol. The lowest BCUT2D eigenvalue weighted by molar-refractivity contribution is -0.138. The van der Waals surface area contributed by atoms with Crippen LogP contribution in [0, 0.1) is 5.41 Å². The molecule has 6 heteroatoms. The number of hydrogen-bond acceptors (Lipinski definition) is 4. The molecular formula is C21H27N3O3. The van der Waals surface area contributed by atoms with Crippen LogP contribution < -0.4 is 4.90 Å². The molecule has 2 aliphatic carbocycles. The van der Waals surface area contributed by atoms with Crippen molar-refractivity contribution >= 4 is 17.7 Å². The van der Waals surface area contributed by atoms with Crippen LogP contribution >= 0.6 is 0 Å². The van der Waals surface area contributed by atoms with Crippen molar-refractivity contribution in [2.45, 2.75) is 63.8 Å². The Morgan fingerprint density at radius 3 is 2.78 bits per heavy atom. The number of amides is 1. The average Bonchev–Trinajstić information content (AvgIpc) is 3.40. The first-order chi connectivity index (χ1) is 13.0. The molecule has 1 aromatic rings. The topological polar surface area (TPSA) is 73.7 Å². The number of carbonyl (C=O) groups excluding carboxylic acids is 1. The maximum Gasteiger partial charge on any atom is 0.339 e. The minimum atomic E-state index is -0.884. The van der Waals surface area contributed by atoms with Crippen LogP contribution in [-0.2, 0) is 17.6 Å². The van der Waals surface area contributed by atoms with Gasteiger partial charge in [0.15, 0.2) is 0 Å². The Morgan fingerprint density at radius 2 is 2.00 bits per heavy atom. The third kappa shape index (κ3) is 2.99. The number of piperidine rings is 2. The van der Waals surface area contributed by atoms with E-state index in [-0.39, 0.29) is 5.41 Å². The molecule has 1 saturated carbocycles. The Hall–Kier alpha value is -2.11. The molecule has 1 amide bonds. The number of carboxylic acid groups (broad SMARTS) is 1. The van der Waals surface area contributed by atoms with E-state index >= 15 is 0 Å². The lowest BCUT2D eigenvalue weighted by atomic mass is 9.73. The van der Waals surface area contributed by atoms with Crippen LogP contribution in [0.3, 0.4) is 0 Å². The van der Waals surface area contributed by atoms with Crippen molar-refractivity contribution in [1.29, 1.82) is 0 Å². The molecule has 0 bridgehead atoms. The largest absolute Gasteiger partial charge is 0.478 e. The summed E-state index contributed by atoms with van der Waals surface area (Å²) in [4.78, 5) is 33.4. The van der Waals surface area contributed by atoms with Gasteiger partial charge in [-0.15, -0.1) is 0 Å². The molecule has 1 N–H and O–H groups in total. The number of carboxylic acids is 1. The van der Waals surface area contributed by atoms with Gasteiger partial charge < -0.3 is 14.9 Å². The molecule has 27 heavy (non-hydrogen) atoms. The number of aryl methyl sites for hydroxylation is 2. The highest BCUT2D eigenvalue weighted by atomic mass is 16.4. The van der Waals surface area contributed by atoms with Gasteiger partial charge in [0.25, 0.3) is 0 Å². The highest BCUT2D eigenvalue weighted by Crippen LogP contribution is 2.43. The maximum atomic E-state index is 12.3. The Labute approximate surface area is 159 Å². The van der Waals surface area contributed by atoms with E-state index in [1.165, 1.54) is 0 Å². The standard InChI is InChI=1S/C21H27N3O3/c25-18-7-9-21(13-24(18)15-5-6-15)8-2-10-23(12-21)19-16(20(26)27)11-14-3-1-4-17(14)22-19/h11,15H,1-10,12-13H2,(H,26,27). The highest BCUT2D eigenvalue weighted by Gasteiger charge is 2.46. The fraction of sp³-hybridized carbons (Fsp3) is 0.667. The van der Waals surface area contributed by atoms with Crippen molar-refractivity contribution in [2.75, 3.05) is 24.5 Å². The number of anilines is 1. The summed E-state index contributed by atoms with van der Waals surface area (Å²) in [6.45, 7) is 2.50. The minimum Gasteiger partial charge on any atom is -0.478 e. The molecule has 1 atom stereocenters. The number of likely N-dealkylation sites (tertiary alicyclic amines) is 1. The monoisotopic (exact) mass is 369 g/mol. The molecule has 3 fully saturated rings. The van der Waals surface area contributed by atoms with E-state index in [1.54, 1.807) is 0 Å². The van der Waals surface area contributed by atoms with Gasteiger partial charge in [-0.3, -0.25) is 4.79 Å². The summed E-state index contributed by atoms with van der Waals surface area (Å²) < 4.78 is 0. The molecule has 1 aromatic heterocycles. The summed E-state index contributed by atoms with van der Waals surface area (Å²) in [6.07, 6.45) is 8.93. The van der Waals surface area contributed by atoms with Gasteiger partial charge in [0.05, 0.1) is 0 Å². The molecule has 5 rings (SSSR count). The molecule has 3 heterocycles. The van der Waals surface area contributed by atoms with Crippen LogP contribution in [-0.4, -0.2) is 52.5 Å². The van der Waals surface area contributed by atoms with Gasteiger partial charge in [-0.05, 0) is 63.0 Å². The number of fused-ring (bicyclic) bond motifs is 1. The van der Waals surface area contributed by atoms with Gasteiger partial charge in [-0.1, -0.05) is 0 Å². The SMILES string of the molecule is O=C(O)c1cc2c(nc1N1CCCC3(CCC(=O)N(C4CC4)C3)C1)CCC2. The molecular weight excluding hydrogens is 342 g/mol. The molecule has 2 aliphatic heterocycles. The zero-order chi connectivity index (χ0) is 18.6. The van der Waals surface area contributed by atoms with Crippen LogP contribution in [0.4, 0.5) is 5.82 Å². The number of nitrogens with zero attached hydrogens (tertiary/aromatic N) is 3. The number of pyridine rings is 1. The van der Waals surface area contributed by atoms with E-state index in [9.17, 15) is 14.7 Å². The van der Waals surface area contributed by atoms with E-state index in [0.29, 0.717) is 29.8 Å². The lowest BCUT2D eigenvalue weighted by Crippen LogP contribution is -2.55. The van der Waals surface area contributed by atoms with Crippen LogP contribution in [0.15, 0.2) is 6.07 Å². The Kier molecular flexibility index (Phi) is 3.92. The van der Waals surface area contributed by atoms with E-state index < -0.39 is 5.97 Å². The fourth-order valence-electron chi connectivity index (χ4n) is 5.34. The first-order valence-corrected chi connectivity index (χ1v) is 10.4. The van der Waals surface area contributed by atoms with Crippen molar-refractivity contribution in [3.63, 3.8) is 0 Å². The molecule has 4 aliphatic rings. The summed E-state index contributed by atoms with van der Waals surface area (Å²) in [7, 11) is 0. The Bertz CT molecular complexity index is 804. The Balaban J connectivity index is 1.44. The molecule has 144 valence electrons. The van der Waals surface area contributed by atoms with Crippen molar-refractivity contribution in [2.24, 2.45) is 5.41 Å². The smallest absolute Gasteiger partial charge is 0.339 e. The maximum absolute atomic E-state index is 12.3. The lowest BCUT2D eigenvalue weighted by Gasteiger charge is -2.49. The van der Waals surface area contributed by atoms with Gasteiger partial charge in [0.1, 0.15) is 11.4 Å². The molecule has 2 saturated heterocycles. The number of rotatable bonds is 3. The van der Waals surface area contributed by atoms with E-state index in [0.717, 1.165) is 82.3 Å². The molecule has 1 spiro atoms.